The van der Waals surface area contributed by atoms with Gasteiger partial charge in [0, 0.05) is 38.4 Å². The van der Waals surface area contributed by atoms with Crippen molar-refractivity contribution in [3.05, 3.63) is 54.6 Å². The number of unbranched alkanes of at least 4 members (excludes halogenated alkanes) is 1. The van der Waals surface area contributed by atoms with Gasteiger partial charge in [-0.15, -0.1) is 0 Å². The number of rotatable bonds is 8. The first-order valence-corrected chi connectivity index (χ1v) is 9.98. The first kappa shape index (κ1) is 20.0. The number of ether oxygens (including phenoxy) is 1. The molecule has 2 aromatic carbocycles. The molecule has 150 valence electrons. The Kier molecular flexibility index (Phi) is 7.55. The SMILES string of the molecule is COc1ccccc1NC(N)=NCCCCN1CCN(c2ccccc2)CC1. The van der Waals surface area contributed by atoms with Crippen LogP contribution in [0.3, 0.4) is 0 Å². The Labute approximate surface area is 168 Å². The van der Waals surface area contributed by atoms with E-state index in [2.05, 4.69) is 50.4 Å². The number of hydrogen-bond donors (Lipinski definition) is 2. The van der Waals surface area contributed by atoms with Crippen molar-refractivity contribution < 1.29 is 4.74 Å². The van der Waals surface area contributed by atoms with Crippen LogP contribution in [-0.2, 0) is 0 Å². The van der Waals surface area contributed by atoms with Crippen LogP contribution in [0.4, 0.5) is 11.4 Å². The summed E-state index contributed by atoms with van der Waals surface area (Å²) in [7, 11) is 1.65. The van der Waals surface area contributed by atoms with E-state index in [1.165, 1.54) is 5.69 Å². The Hall–Kier alpha value is -2.73. The normalized spacial score (nSPS) is 15.5. The molecule has 0 radical (unpaired) electrons. The van der Waals surface area contributed by atoms with Crippen LogP contribution in [-0.4, -0.2) is 57.2 Å². The first-order valence-electron chi connectivity index (χ1n) is 9.98. The standard InChI is InChI=1S/C22H31N5O/c1-28-21-12-6-5-11-20(21)25-22(23)24-13-7-8-14-26-15-17-27(18-16-26)19-9-3-2-4-10-19/h2-6,9-12H,7-8,13-18H2,1H3,(H3,23,24,25). The number of aliphatic imine (C=N–C) groups is 1. The molecule has 1 aliphatic rings. The van der Waals surface area contributed by atoms with E-state index < -0.39 is 0 Å². The molecule has 0 spiro atoms. The molecule has 0 aromatic heterocycles. The molecule has 3 N–H and O–H groups in total. The highest BCUT2D eigenvalue weighted by Gasteiger charge is 2.16. The Morgan fingerprint density at radius 3 is 2.46 bits per heavy atom. The molecule has 1 saturated heterocycles. The number of nitrogens with two attached hydrogens (primary N) is 1. The summed E-state index contributed by atoms with van der Waals surface area (Å²) < 4.78 is 5.31. The van der Waals surface area contributed by atoms with Gasteiger partial charge in [-0.25, -0.2) is 0 Å². The Morgan fingerprint density at radius 1 is 1.00 bits per heavy atom. The third-order valence-electron chi connectivity index (χ3n) is 5.03. The molecule has 1 fully saturated rings. The monoisotopic (exact) mass is 381 g/mol. The van der Waals surface area contributed by atoms with Crippen LogP contribution in [0.2, 0.25) is 0 Å². The van der Waals surface area contributed by atoms with Crippen molar-refractivity contribution in [2.75, 3.05) is 56.6 Å². The fourth-order valence-corrected chi connectivity index (χ4v) is 3.44. The van der Waals surface area contributed by atoms with Crippen LogP contribution in [0.15, 0.2) is 59.6 Å². The molecule has 1 aliphatic heterocycles. The number of nitrogens with one attached hydrogen (secondary N) is 1. The van der Waals surface area contributed by atoms with E-state index in [0.717, 1.165) is 63.5 Å². The van der Waals surface area contributed by atoms with Crippen molar-refractivity contribution in [1.82, 2.24) is 4.90 Å². The summed E-state index contributed by atoms with van der Waals surface area (Å²) in [4.78, 5) is 9.43. The Bertz CT molecular complexity index is 742. The van der Waals surface area contributed by atoms with Crippen LogP contribution in [0, 0.1) is 0 Å². The number of hydrogen-bond acceptors (Lipinski definition) is 4. The molecule has 28 heavy (non-hydrogen) atoms. The van der Waals surface area contributed by atoms with Gasteiger partial charge in [0.15, 0.2) is 5.96 Å². The quantitative estimate of drug-likeness (QED) is 0.418. The topological polar surface area (TPSA) is 66.1 Å². The number of benzene rings is 2. The van der Waals surface area contributed by atoms with Crippen LogP contribution < -0.4 is 20.7 Å². The van der Waals surface area contributed by atoms with Gasteiger partial charge < -0.3 is 20.7 Å². The number of methoxy groups -OCH3 is 1. The van der Waals surface area contributed by atoms with E-state index in [9.17, 15) is 0 Å². The van der Waals surface area contributed by atoms with E-state index >= 15 is 0 Å². The minimum absolute atomic E-state index is 0.431. The number of guanidine groups is 1. The fraction of sp³-hybridized carbons (Fsp3) is 0.409. The van der Waals surface area contributed by atoms with Crippen molar-refractivity contribution in [2.24, 2.45) is 10.7 Å². The highest BCUT2D eigenvalue weighted by molar-refractivity contribution is 5.93. The van der Waals surface area contributed by atoms with Gasteiger partial charge in [-0.05, 0) is 43.7 Å². The summed E-state index contributed by atoms with van der Waals surface area (Å²) >= 11 is 0. The second-order valence-corrected chi connectivity index (χ2v) is 6.96. The zero-order valence-corrected chi connectivity index (χ0v) is 16.7. The van der Waals surface area contributed by atoms with Gasteiger partial charge in [-0.1, -0.05) is 30.3 Å². The molecule has 0 aliphatic carbocycles. The maximum Gasteiger partial charge on any atom is 0.193 e. The summed E-state index contributed by atoms with van der Waals surface area (Å²) in [5.41, 5.74) is 8.16. The third-order valence-corrected chi connectivity index (χ3v) is 5.03. The second-order valence-electron chi connectivity index (χ2n) is 6.96. The summed E-state index contributed by atoms with van der Waals surface area (Å²) in [6, 6.07) is 18.4. The van der Waals surface area contributed by atoms with Gasteiger partial charge in [-0.2, -0.15) is 0 Å². The molecule has 0 amide bonds. The molecule has 3 rings (SSSR count). The second kappa shape index (κ2) is 10.6. The maximum absolute atomic E-state index is 5.99. The Morgan fingerprint density at radius 2 is 1.71 bits per heavy atom. The predicted molar refractivity (Wildman–Crippen MR) is 117 cm³/mol. The zero-order valence-electron chi connectivity index (χ0n) is 16.7. The van der Waals surface area contributed by atoms with Crippen LogP contribution >= 0.6 is 0 Å². The lowest BCUT2D eigenvalue weighted by molar-refractivity contribution is 0.253. The number of nitrogens with zero attached hydrogens (tertiary/aromatic N) is 3. The van der Waals surface area contributed by atoms with Crippen LogP contribution in [0.5, 0.6) is 5.75 Å². The van der Waals surface area contributed by atoms with Crippen molar-refractivity contribution in [3.63, 3.8) is 0 Å². The smallest absolute Gasteiger partial charge is 0.193 e. The predicted octanol–water partition coefficient (Wildman–Crippen LogP) is 3.02. The summed E-state index contributed by atoms with van der Waals surface area (Å²) in [6.45, 7) is 6.29. The number of anilines is 2. The van der Waals surface area contributed by atoms with E-state index in [1.807, 2.05) is 24.3 Å². The summed E-state index contributed by atoms with van der Waals surface area (Å²) in [5.74, 6) is 1.19. The molecule has 0 atom stereocenters. The highest BCUT2D eigenvalue weighted by Crippen LogP contribution is 2.22. The molecule has 6 heteroatoms. The van der Waals surface area contributed by atoms with Gasteiger partial charge >= 0.3 is 0 Å². The van der Waals surface area contributed by atoms with Gasteiger partial charge in [0.05, 0.1) is 12.8 Å². The lowest BCUT2D eigenvalue weighted by atomic mass is 10.2. The van der Waals surface area contributed by atoms with Crippen molar-refractivity contribution in [2.45, 2.75) is 12.8 Å². The largest absolute Gasteiger partial charge is 0.495 e. The lowest BCUT2D eigenvalue weighted by Crippen LogP contribution is -2.46. The Balaban J connectivity index is 1.32. The molecule has 6 nitrogen and oxygen atoms in total. The van der Waals surface area contributed by atoms with Crippen LogP contribution in [0.1, 0.15) is 12.8 Å². The maximum atomic E-state index is 5.99. The van der Waals surface area contributed by atoms with E-state index in [1.54, 1.807) is 7.11 Å². The van der Waals surface area contributed by atoms with Crippen LogP contribution in [0.25, 0.3) is 0 Å². The zero-order chi connectivity index (χ0) is 19.6. The van der Waals surface area contributed by atoms with Gasteiger partial charge in [0.25, 0.3) is 0 Å². The number of para-hydroxylation sites is 3. The van der Waals surface area contributed by atoms with Gasteiger partial charge in [0.2, 0.25) is 0 Å². The first-order chi connectivity index (χ1) is 13.8. The molecule has 0 bridgehead atoms. The average molecular weight is 382 g/mol. The minimum Gasteiger partial charge on any atom is -0.495 e. The molecular formula is C22H31N5O. The van der Waals surface area contributed by atoms with Gasteiger partial charge in [0.1, 0.15) is 5.75 Å². The molecule has 0 unspecified atom stereocenters. The lowest BCUT2D eigenvalue weighted by Gasteiger charge is -2.36. The molecule has 1 heterocycles. The van der Waals surface area contributed by atoms with Crippen molar-refractivity contribution in [1.29, 1.82) is 0 Å². The van der Waals surface area contributed by atoms with E-state index in [0.29, 0.717) is 5.96 Å². The van der Waals surface area contributed by atoms with Crippen molar-refractivity contribution in [3.8, 4) is 5.75 Å². The summed E-state index contributed by atoms with van der Waals surface area (Å²) in [5, 5.41) is 3.11. The molecule has 2 aromatic rings. The molecule has 0 saturated carbocycles. The summed E-state index contributed by atoms with van der Waals surface area (Å²) in [6.07, 6.45) is 2.17. The minimum atomic E-state index is 0.431. The number of piperazine rings is 1. The van der Waals surface area contributed by atoms with E-state index in [4.69, 9.17) is 10.5 Å². The average Bonchev–Trinajstić information content (AvgIpc) is 2.75. The third kappa shape index (κ3) is 5.89. The highest BCUT2D eigenvalue weighted by atomic mass is 16.5. The fourth-order valence-electron chi connectivity index (χ4n) is 3.44. The van der Waals surface area contributed by atoms with E-state index in [-0.39, 0.29) is 0 Å². The van der Waals surface area contributed by atoms with Gasteiger partial charge in [-0.3, -0.25) is 9.89 Å². The molecular weight excluding hydrogens is 350 g/mol. The van der Waals surface area contributed by atoms with Crippen molar-refractivity contribution >= 4 is 17.3 Å².